The molecule has 1 aromatic carbocycles. The van der Waals surface area contributed by atoms with Crippen molar-refractivity contribution in [3.8, 4) is 5.75 Å². The minimum Gasteiger partial charge on any atom is -0.492 e. The van der Waals surface area contributed by atoms with Gasteiger partial charge in [-0.05, 0) is 64.5 Å². The number of nitrogens with zero attached hydrogens (tertiary/aromatic N) is 5. The van der Waals surface area contributed by atoms with Gasteiger partial charge < -0.3 is 14.5 Å². The van der Waals surface area contributed by atoms with Crippen LogP contribution in [0.1, 0.15) is 61.3 Å². The summed E-state index contributed by atoms with van der Waals surface area (Å²) in [7, 11) is 0. The van der Waals surface area contributed by atoms with E-state index < -0.39 is 0 Å². The molecule has 0 bridgehead atoms. The van der Waals surface area contributed by atoms with Gasteiger partial charge in [0.15, 0.2) is 5.69 Å². The number of anilines is 1. The van der Waals surface area contributed by atoms with Crippen molar-refractivity contribution in [3.63, 3.8) is 0 Å². The minimum absolute atomic E-state index is 0.154. The molecular weight excluding hydrogens is 426 g/mol. The van der Waals surface area contributed by atoms with E-state index in [9.17, 15) is 4.79 Å². The summed E-state index contributed by atoms with van der Waals surface area (Å²) in [5, 5.41) is 4.83. The first-order valence-electron chi connectivity index (χ1n) is 13.3. The van der Waals surface area contributed by atoms with E-state index in [2.05, 4.69) is 39.6 Å². The molecular formula is C27H39N5O2. The van der Waals surface area contributed by atoms with E-state index in [1.54, 1.807) is 0 Å². The maximum atomic E-state index is 13.4. The molecule has 34 heavy (non-hydrogen) atoms. The van der Waals surface area contributed by atoms with Crippen molar-refractivity contribution in [2.24, 2.45) is 0 Å². The summed E-state index contributed by atoms with van der Waals surface area (Å²) in [5.41, 5.74) is 4.45. The number of ether oxygens (including phenoxy) is 1. The first kappa shape index (κ1) is 23.2. The summed E-state index contributed by atoms with van der Waals surface area (Å²) in [6.07, 6.45) is 6.56. The second-order valence-corrected chi connectivity index (χ2v) is 9.76. The van der Waals surface area contributed by atoms with Gasteiger partial charge in [0, 0.05) is 63.1 Å². The Hall–Kier alpha value is -2.54. The number of hydrogen-bond acceptors (Lipinski definition) is 5. The first-order chi connectivity index (χ1) is 16.7. The number of aromatic nitrogens is 2. The zero-order valence-electron chi connectivity index (χ0n) is 20.8. The second-order valence-electron chi connectivity index (χ2n) is 9.76. The number of rotatable bonds is 6. The number of carbonyl (C=O) groups is 1. The van der Waals surface area contributed by atoms with Gasteiger partial charge in [-0.25, -0.2) is 0 Å². The molecule has 184 valence electrons. The lowest BCUT2D eigenvalue weighted by atomic mass is 9.89. The van der Waals surface area contributed by atoms with Crippen molar-refractivity contribution in [2.45, 2.75) is 65.0 Å². The molecule has 1 amide bonds. The van der Waals surface area contributed by atoms with Crippen LogP contribution >= 0.6 is 0 Å². The van der Waals surface area contributed by atoms with Gasteiger partial charge in [0.1, 0.15) is 5.75 Å². The molecule has 1 aliphatic carbocycles. The van der Waals surface area contributed by atoms with Crippen LogP contribution in [0.3, 0.4) is 0 Å². The van der Waals surface area contributed by atoms with Crippen molar-refractivity contribution in [3.05, 3.63) is 41.2 Å². The molecule has 1 unspecified atom stereocenters. The number of aryl methyl sites for hydroxylation is 1. The Balaban J connectivity index is 1.28. The fraction of sp³-hybridized carbons (Fsp3) is 0.630. The zero-order valence-corrected chi connectivity index (χ0v) is 20.8. The van der Waals surface area contributed by atoms with E-state index in [0.29, 0.717) is 12.6 Å². The molecule has 3 aliphatic rings. The third-order valence-electron chi connectivity index (χ3n) is 7.80. The maximum Gasteiger partial charge on any atom is 0.274 e. The summed E-state index contributed by atoms with van der Waals surface area (Å²) in [4.78, 5) is 20.5. The largest absolute Gasteiger partial charge is 0.492 e. The van der Waals surface area contributed by atoms with Crippen LogP contribution in [-0.4, -0.2) is 77.4 Å². The number of hydrogen-bond donors (Lipinski definition) is 0. The number of para-hydroxylation sites is 2. The predicted molar refractivity (Wildman–Crippen MR) is 135 cm³/mol. The summed E-state index contributed by atoms with van der Waals surface area (Å²) in [6, 6.07) is 8.87. The highest BCUT2D eigenvalue weighted by atomic mass is 16.5. The van der Waals surface area contributed by atoms with E-state index in [1.165, 1.54) is 23.4 Å². The molecule has 0 saturated carbocycles. The first-order valence-corrected chi connectivity index (χ1v) is 13.3. The monoisotopic (exact) mass is 465 g/mol. The summed E-state index contributed by atoms with van der Waals surface area (Å²) < 4.78 is 7.96. The minimum atomic E-state index is 0.154. The maximum absolute atomic E-state index is 13.4. The van der Waals surface area contributed by atoms with Crippen LogP contribution < -0.4 is 9.64 Å². The standard InChI is InChI=1S/C27H39N5O2/c1-3-32-23-13-12-21(20-22(23)26(28-32)27(33)31-14-8-5-9-15-31)29-16-18-30(19-17-29)24-10-6-7-11-25(24)34-4-2/h6-7,10-11,21H,3-5,8-9,12-20H2,1-2H3. The van der Waals surface area contributed by atoms with Gasteiger partial charge in [0.05, 0.1) is 12.3 Å². The van der Waals surface area contributed by atoms with Gasteiger partial charge in [-0.2, -0.15) is 5.10 Å². The molecule has 7 heteroatoms. The Kier molecular flexibility index (Phi) is 7.09. The van der Waals surface area contributed by atoms with Gasteiger partial charge in [0.25, 0.3) is 5.91 Å². The van der Waals surface area contributed by atoms with Gasteiger partial charge in [-0.1, -0.05) is 12.1 Å². The number of piperazine rings is 1. The quantitative estimate of drug-likeness (QED) is 0.652. The Bertz CT molecular complexity index is 989. The Labute approximate surface area is 203 Å². The van der Waals surface area contributed by atoms with Crippen LogP contribution in [0, 0.1) is 0 Å². The molecule has 2 saturated heterocycles. The van der Waals surface area contributed by atoms with E-state index in [4.69, 9.17) is 9.84 Å². The molecule has 0 radical (unpaired) electrons. The van der Waals surface area contributed by atoms with Gasteiger partial charge >= 0.3 is 0 Å². The molecule has 0 N–H and O–H groups in total. The number of piperidine rings is 1. The van der Waals surface area contributed by atoms with Crippen LogP contribution in [0.25, 0.3) is 0 Å². The van der Waals surface area contributed by atoms with Crippen molar-refractivity contribution in [2.75, 3.05) is 50.8 Å². The summed E-state index contributed by atoms with van der Waals surface area (Å²) in [5.74, 6) is 1.13. The van der Waals surface area contributed by atoms with E-state index in [0.717, 1.165) is 89.4 Å². The van der Waals surface area contributed by atoms with Gasteiger partial charge in [0.2, 0.25) is 0 Å². The highest BCUT2D eigenvalue weighted by Gasteiger charge is 2.34. The van der Waals surface area contributed by atoms with Crippen molar-refractivity contribution in [1.29, 1.82) is 0 Å². The van der Waals surface area contributed by atoms with Gasteiger partial charge in [-0.15, -0.1) is 0 Å². The molecule has 2 aliphatic heterocycles. The number of amides is 1. The third kappa shape index (κ3) is 4.54. The highest BCUT2D eigenvalue weighted by Crippen LogP contribution is 2.32. The predicted octanol–water partition coefficient (Wildman–Crippen LogP) is 3.61. The summed E-state index contributed by atoms with van der Waals surface area (Å²) in [6.45, 7) is 11.5. The van der Waals surface area contributed by atoms with Crippen molar-refractivity contribution < 1.29 is 9.53 Å². The molecule has 3 heterocycles. The van der Waals surface area contributed by atoms with Crippen LogP contribution in [0.15, 0.2) is 24.3 Å². The molecule has 1 atom stereocenters. The van der Waals surface area contributed by atoms with Crippen molar-refractivity contribution >= 4 is 11.6 Å². The Morgan fingerprint density at radius 2 is 1.79 bits per heavy atom. The highest BCUT2D eigenvalue weighted by molar-refractivity contribution is 5.94. The molecule has 2 fully saturated rings. The van der Waals surface area contributed by atoms with E-state index in [-0.39, 0.29) is 5.91 Å². The fourth-order valence-corrected chi connectivity index (χ4v) is 5.99. The number of likely N-dealkylation sites (tertiary alicyclic amines) is 1. The number of carbonyl (C=O) groups excluding carboxylic acids is 1. The normalized spacial score (nSPS) is 21.4. The smallest absolute Gasteiger partial charge is 0.274 e. The average molecular weight is 466 g/mol. The van der Waals surface area contributed by atoms with Crippen LogP contribution in [-0.2, 0) is 19.4 Å². The lowest BCUT2D eigenvalue weighted by Crippen LogP contribution is -2.52. The second kappa shape index (κ2) is 10.4. The Morgan fingerprint density at radius 3 is 2.53 bits per heavy atom. The van der Waals surface area contributed by atoms with Crippen LogP contribution in [0.5, 0.6) is 5.75 Å². The fourth-order valence-electron chi connectivity index (χ4n) is 5.99. The molecule has 5 rings (SSSR count). The SMILES string of the molecule is CCOc1ccccc1N1CCN(C2CCc3c(c(C(=O)N4CCCCC4)nn3CC)C2)CC1. The lowest BCUT2D eigenvalue weighted by molar-refractivity contribution is 0.0715. The van der Waals surface area contributed by atoms with Gasteiger partial charge in [-0.3, -0.25) is 14.4 Å². The third-order valence-corrected chi connectivity index (χ3v) is 7.80. The number of fused-ring (bicyclic) bond motifs is 1. The molecule has 1 aromatic heterocycles. The molecule has 2 aromatic rings. The zero-order chi connectivity index (χ0) is 23.5. The average Bonchev–Trinajstić information content (AvgIpc) is 3.27. The summed E-state index contributed by atoms with van der Waals surface area (Å²) >= 11 is 0. The van der Waals surface area contributed by atoms with E-state index in [1.807, 2.05) is 17.9 Å². The number of benzene rings is 1. The lowest BCUT2D eigenvalue weighted by Gasteiger charge is -2.42. The molecule has 0 spiro atoms. The molecule has 7 nitrogen and oxygen atoms in total. The van der Waals surface area contributed by atoms with E-state index >= 15 is 0 Å². The Morgan fingerprint density at radius 1 is 1.03 bits per heavy atom. The van der Waals surface area contributed by atoms with Crippen LogP contribution in [0.2, 0.25) is 0 Å². The van der Waals surface area contributed by atoms with Crippen LogP contribution in [0.4, 0.5) is 5.69 Å². The topological polar surface area (TPSA) is 53.8 Å². The van der Waals surface area contributed by atoms with Crippen molar-refractivity contribution in [1.82, 2.24) is 19.6 Å².